The molecule has 1 aromatic carbocycles. The van der Waals surface area contributed by atoms with Crippen molar-refractivity contribution in [1.29, 1.82) is 0 Å². The van der Waals surface area contributed by atoms with Gasteiger partial charge in [-0.1, -0.05) is 30.3 Å². The van der Waals surface area contributed by atoms with Crippen molar-refractivity contribution in [2.45, 2.75) is 45.3 Å². The minimum atomic E-state index is -0.689. The lowest BCUT2D eigenvalue weighted by Crippen LogP contribution is -2.47. The molecule has 4 heteroatoms. The highest BCUT2D eigenvalue weighted by Gasteiger charge is 2.34. The molecular formula is C19H24N2O2. The SMILES string of the molecule is Cc1cc(C(=O)NCC2(O)CCC2)c(C)n1Cc1ccccc1. The average Bonchev–Trinajstić information content (AvgIpc) is 2.80. The fourth-order valence-corrected chi connectivity index (χ4v) is 3.14. The summed E-state index contributed by atoms with van der Waals surface area (Å²) in [6.45, 7) is 5.10. The van der Waals surface area contributed by atoms with Gasteiger partial charge in [-0.15, -0.1) is 0 Å². The van der Waals surface area contributed by atoms with E-state index in [1.54, 1.807) is 0 Å². The van der Waals surface area contributed by atoms with Gasteiger partial charge in [-0.05, 0) is 44.7 Å². The lowest BCUT2D eigenvalue weighted by molar-refractivity contribution is -0.0300. The van der Waals surface area contributed by atoms with Crippen LogP contribution in [0.4, 0.5) is 0 Å². The minimum absolute atomic E-state index is 0.0993. The van der Waals surface area contributed by atoms with Gasteiger partial charge in [-0.25, -0.2) is 0 Å². The average molecular weight is 312 g/mol. The number of hydrogen-bond donors (Lipinski definition) is 2. The Morgan fingerprint density at radius 1 is 1.26 bits per heavy atom. The molecule has 1 saturated carbocycles. The molecule has 23 heavy (non-hydrogen) atoms. The molecule has 4 nitrogen and oxygen atoms in total. The molecule has 0 spiro atoms. The molecule has 1 heterocycles. The van der Waals surface area contributed by atoms with Crippen LogP contribution in [-0.2, 0) is 6.54 Å². The van der Waals surface area contributed by atoms with Crippen LogP contribution in [0.3, 0.4) is 0 Å². The first-order chi connectivity index (χ1) is 11.0. The largest absolute Gasteiger partial charge is 0.388 e. The van der Waals surface area contributed by atoms with Gasteiger partial charge in [0.1, 0.15) is 0 Å². The van der Waals surface area contributed by atoms with E-state index in [0.717, 1.165) is 37.2 Å². The van der Waals surface area contributed by atoms with E-state index < -0.39 is 5.60 Å². The maximum atomic E-state index is 12.4. The number of benzene rings is 1. The van der Waals surface area contributed by atoms with Gasteiger partial charge in [0, 0.05) is 24.5 Å². The summed E-state index contributed by atoms with van der Waals surface area (Å²) in [4.78, 5) is 12.4. The number of carbonyl (C=O) groups excluding carboxylic acids is 1. The molecule has 1 aromatic heterocycles. The molecule has 0 aliphatic heterocycles. The van der Waals surface area contributed by atoms with Crippen molar-refractivity contribution in [2.24, 2.45) is 0 Å². The van der Waals surface area contributed by atoms with Gasteiger partial charge in [0.05, 0.1) is 11.2 Å². The van der Waals surface area contributed by atoms with Crippen LogP contribution in [0.15, 0.2) is 36.4 Å². The van der Waals surface area contributed by atoms with Crippen molar-refractivity contribution < 1.29 is 9.90 Å². The third-order valence-electron chi connectivity index (χ3n) is 4.86. The first-order valence-corrected chi connectivity index (χ1v) is 8.20. The van der Waals surface area contributed by atoms with Crippen molar-refractivity contribution in [2.75, 3.05) is 6.54 Å². The molecule has 3 rings (SSSR count). The van der Waals surface area contributed by atoms with Crippen LogP contribution >= 0.6 is 0 Å². The van der Waals surface area contributed by atoms with Crippen molar-refractivity contribution in [3.63, 3.8) is 0 Å². The Bertz CT molecular complexity index is 700. The Labute approximate surface area is 137 Å². The Hall–Kier alpha value is -2.07. The number of nitrogens with zero attached hydrogens (tertiary/aromatic N) is 1. The van der Waals surface area contributed by atoms with Crippen LogP contribution in [0.25, 0.3) is 0 Å². The molecule has 122 valence electrons. The predicted octanol–water partition coefficient (Wildman–Crippen LogP) is 2.80. The van der Waals surface area contributed by atoms with Gasteiger partial charge < -0.3 is 15.0 Å². The Kier molecular flexibility index (Phi) is 4.26. The molecule has 1 fully saturated rings. The van der Waals surface area contributed by atoms with E-state index in [0.29, 0.717) is 12.1 Å². The van der Waals surface area contributed by atoms with Crippen LogP contribution in [-0.4, -0.2) is 27.7 Å². The summed E-state index contributed by atoms with van der Waals surface area (Å²) in [6, 6.07) is 12.2. The maximum Gasteiger partial charge on any atom is 0.253 e. The molecule has 0 unspecified atom stereocenters. The van der Waals surface area contributed by atoms with Gasteiger partial charge in [0.15, 0.2) is 0 Å². The van der Waals surface area contributed by atoms with Crippen molar-refractivity contribution in [3.05, 3.63) is 58.9 Å². The van der Waals surface area contributed by atoms with Crippen molar-refractivity contribution in [3.8, 4) is 0 Å². The zero-order valence-corrected chi connectivity index (χ0v) is 13.8. The van der Waals surface area contributed by atoms with Crippen LogP contribution < -0.4 is 5.32 Å². The molecule has 2 N–H and O–H groups in total. The molecule has 1 amide bonds. The van der Waals surface area contributed by atoms with Crippen LogP contribution in [0, 0.1) is 13.8 Å². The van der Waals surface area contributed by atoms with E-state index >= 15 is 0 Å². The van der Waals surface area contributed by atoms with E-state index in [1.807, 2.05) is 38.1 Å². The predicted molar refractivity (Wildman–Crippen MR) is 90.6 cm³/mol. The quantitative estimate of drug-likeness (QED) is 0.892. The maximum absolute atomic E-state index is 12.4. The highest BCUT2D eigenvalue weighted by molar-refractivity contribution is 5.95. The monoisotopic (exact) mass is 312 g/mol. The second-order valence-electron chi connectivity index (χ2n) is 6.62. The molecule has 1 aliphatic carbocycles. The summed E-state index contributed by atoms with van der Waals surface area (Å²) < 4.78 is 2.16. The third kappa shape index (κ3) is 3.32. The molecule has 2 aromatic rings. The smallest absolute Gasteiger partial charge is 0.253 e. The van der Waals surface area contributed by atoms with Gasteiger partial charge >= 0.3 is 0 Å². The third-order valence-corrected chi connectivity index (χ3v) is 4.86. The second-order valence-corrected chi connectivity index (χ2v) is 6.62. The van der Waals surface area contributed by atoms with E-state index in [9.17, 15) is 9.90 Å². The molecular weight excluding hydrogens is 288 g/mol. The summed E-state index contributed by atoms with van der Waals surface area (Å²) in [5, 5.41) is 13.0. The fourth-order valence-electron chi connectivity index (χ4n) is 3.14. The Morgan fingerprint density at radius 2 is 1.96 bits per heavy atom. The zero-order valence-electron chi connectivity index (χ0n) is 13.8. The van der Waals surface area contributed by atoms with E-state index in [2.05, 4.69) is 22.0 Å². The first kappa shape index (κ1) is 15.8. The molecule has 0 saturated heterocycles. The lowest BCUT2D eigenvalue weighted by Gasteiger charge is -2.36. The topological polar surface area (TPSA) is 54.3 Å². The highest BCUT2D eigenvalue weighted by Crippen LogP contribution is 2.30. The van der Waals surface area contributed by atoms with E-state index in [4.69, 9.17) is 0 Å². The number of hydrogen-bond acceptors (Lipinski definition) is 2. The van der Waals surface area contributed by atoms with E-state index in [-0.39, 0.29) is 5.91 Å². The fraction of sp³-hybridized carbons (Fsp3) is 0.421. The van der Waals surface area contributed by atoms with Gasteiger partial charge in [-0.3, -0.25) is 4.79 Å². The number of amides is 1. The number of carbonyl (C=O) groups is 1. The van der Waals surface area contributed by atoms with Gasteiger partial charge in [0.2, 0.25) is 0 Å². The number of aryl methyl sites for hydroxylation is 1. The first-order valence-electron chi connectivity index (χ1n) is 8.20. The molecule has 0 bridgehead atoms. The standard InChI is InChI=1S/C19H24N2O2/c1-14-11-17(18(22)20-13-19(23)9-6-10-19)15(2)21(14)12-16-7-4-3-5-8-16/h3-5,7-8,11,23H,6,9-10,12-13H2,1-2H3,(H,20,22). The number of nitrogens with one attached hydrogen (secondary N) is 1. The Morgan fingerprint density at radius 3 is 2.57 bits per heavy atom. The van der Waals surface area contributed by atoms with Gasteiger partial charge in [-0.2, -0.15) is 0 Å². The summed E-state index contributed by atoms with van der Waals surface area (Å²) in [6.07, 6.45) is 2.60. The summed E-state index contributed by atoms with van der Waals surface area (Å²) >= 11 is 0. The Balaban J connectivity index is 1.73. The lowest BCUT2D eigenvalue weighted by atomic mass is 9.80. The summed E-state index contributed by atoms with van der Waals surface area (Å²) in [5.74, 6) is -0.0993. The van der Waals surface area contributed by atoms with Crippen molar-refractivity contribution >= 4 is 5.91 Å². The van der Waals surface area contributed by atoms with Crippen molar-refractivity contribution in [1.82, 2.24) is 9.88 Å². The normalized spacial score (nSPS) is 16.0. The second kappa shape index (κ2) is 6.20. The van der Waals surface area contributed by atoms with Crippen LogP contribution in [0.2, 0.25) is 0 Å². The summed E-state index contributed by atoms with van der Waals surface area (Å²) in [5.41, 5.74) is 3.25. The highest BCUT2D eigenvalue weighted by atomic mass is 16.3. The molecule has 1 aliphatic rings. The number of aliphatic hydroxyl groups is 1. The van der Waals surface area contributed by atoms with E-state index in [1.165, 1.54) is 5.56 Å². The van der Waals surface area contributed by atoms with Gasteiger partial charge in [0.25, 0.3) is 5.91 Å². The molecule has 0 atom stereocenters. The number of rotatable bonds is 5. The minimum Gasteiger partial charge on any atom is -0.388 e. The van der Waals surface area contributed by atoms with Crippen LogP contribution in [0.1, 0.15) is 46.6 Å². The zero-order chi connectivity index (χ0) is 16.4. The van der Waals surface area contributed by atoms with Crippen LogP contribution in [0.5, 0.6) is 0 Å². The number of aromatic nitrogens is 1. The molecule has 0 radical (unpaired) electrons. The summed E-state index contributed by atoms with van der Waals surface area (Å²) in [7, 11) is 0.